The number of phenols is 1. The Bertz CT molecular complexity index is 462. The number of benzene rings is 1. The molecule has 0 amide bonds. The van der Waals surface area contributed by atoms with Gasteiger partial charge in [0.25, 0.3) is 0 Å². The van der Waals surface area contributed by atoms with Crippen LogP contribution in [-0.4, -0.2) is 23.1 Å². The molecule has 20 heavy (non-hydrogen) atoms. The van der Waals surface area contributed by atoms with Crippen LogP contribution in [0.4, 0.5) is 0 Å². The van der Waals surface area contributed by atoms with E-state index in [1.165, 1.54) is 25.7 Å². The fourth-order valence-electron chi connectivity index (χ4n) is 3.19. The lowest BCUT2D eigenvalue weighted by Gasteiger charge is -2.41. The van der Waals surface area contributed by atoms with Gasteiger partial charge in [0, 0.05) is 22.1 Å². The first-order valence-corrected chi connectivity index (χ1v) is 8.30. The molecule has 0 spiro atoms. The molecule has 1 atom stereocenters. The molecule has 112 valence electrons. The van der Waals surface area contributed by atoms with Gasteiger partial charge in [-0.25, -0.2) is 0 Å². The first kappa shape index (κ1) is 15.8. The second-order valence-corrected chi connectivity index (χ2v) is 7.86. The van der Waals surface area contributed by atoms with Gasteiger partial charge in [0.05, 0.1) is 0 Å². The summed E-state index contributed by atoms with van der Waals surface area (Å²) in [6, 6.07) is 6.54. The Morgan fingerprint density at radius 3 is 2.50 bits per heavy atom. The zero-order chi connectivity index (χ0) is 14.9. The molecule has 3 heteroatoms. The van der Waals surface area contributed by atoms with E-state index in [-0.39, 0.29) is 6.04 Å². The molecule has 1 aromatic rings. The molecule has 0 bridgehead atoms. The highest BCUT2D eigenvalue weighted by atomic mass is 79.9. The van der Waals surface area contributed by atoms with Crippen LogP contribution in [0, 0.1) is 5.41 Å². The third-order valence-electron chi connectivity index (χ3n) is 4.94. The van der Waals surface area contributed by atoms with Crippen LogP contribution in [0.3, 0.4) is 0 Å². The average Bonchev–Trinajstić information content (AvgIpc) is 2.40. The molecule has 1 saturated carbocycles. The molecule has 2 rings (SSSR count). The summed E-state index contributed by atoms with van der Waals surface area (Å²) < 4.78 is 1.02. The van der Waals surface area contributed by atoms with Crippen LogP contribution < -0.4 is 0 Å². The fourth-order valence-corrected chi connectivity index (χ4v) is 3.57. The Labute approximate surface area is 131 Å². The SMILES string of the molecule is CC(c1cc(Br)ccc1O)N(C)C1CCC(C)(C)CC1. The maximum atomic E-state index is 10.1. The Kier molecular flexibility index (Phi) is 4.80. The molecule has 2 nitrogen and oxygen atoms in total. The summed E-state index contributed by atoms with van der Waals surface area (Å²) in [5.41, 5.74) is 1.50. The van der Waals surface area contributed by atoms with E-state index in [0.29, 0.717) is 17.2 Å². The number of rotatable bonds is 3. The lowest BCUT2D eigenvalue weighted by molar-refractivity contribution is 0.0992. The van der Waals surface area contributed by atoms with Gasteiger partial charge in [-0.05, 0) is 63.3 Å². The van der Waals surface area contributed by atoms with E-state index in [2.05, 4.69) is 48.6 Å². The van der Waals surface area contributed by atoms with Crippen LogP contribution in [-0.2, 0) is 0 Å². The van der Waals surface area contributed by atoms with Crippen LogP contribution >= 0.6 is 15.9 Å². The number of hydrogen-bond acceptors (Lipinski definition) is 2. The highest BCUT2D eigenvalue weighted by Gasteiger charge is 2.31. The molecule has 0 heterocycles. The van der Waals surface area contributed by atoms with Gasteiger partial charge in [0.15, 0.2) is 0 Å². The van der Waals surface area contributed by atoms with Crippen molar-refractivity contribution in [3.05, 3.63) is 28.2 Å². The number of halogens is 1. The van der Waals surface area contributed by atoms with Gasteiger partial charge in [0.2, 0.25) is 0 Å². The van der Waals surface area contributed by atoms with Crippen LogP contribution in [0.1, 0.15) is 58.1 Å². The number of hydrogen-bond donors (Lipinski definition) is 1. The third kappa shape index (κ3) is 3.56. The van der Waals surface area contributed by atoms with Gasteiger partial charge in [0.1, 0.15) is 5.75 Å². The molecule has 1 fully saturated rings. The van der Waals surface area contributed by atoms with Gasteiger partial charge in [-0.1, -0.05) is 29.8 Å². The quantitative estimate of drug-likeness (QED) is 0.826. The zero-order valence-corrected chi connectivity index (χ0v) is 14.6. The molecule has 0 aromatic heterocycles. The predicted molar refractivity (Wildman–Crippen MR) is 88.0 cm³/mol. The van der Waals surface area contributed by atoms with E-state index in [4.69, 9.17) is 0 Å². The number of nitrogens with zero attached hydrogens (tertiary/aromatic N) is 1. The smallest absolute Gasteiger partial charge is 0.120 e. The van der Waals surface area contributed by atoms with E-state index in [9.17, 15) is 5.11 Å². The van der Waals surface area contributed by atoms with Crippen molar-refractivity contribution in [1.82, 2.24) is 4.90 Å². The first-order chi connectivity index (χ1) is 9.30. The molecule has 1 unspecified atom stereocenters. The van der Waals surface area contributed by atoms with Crippen molar-refractivity contribution in [2.75, 3.05) is 7.05 Å². The third-order valence-corrected chi connectivity index (χ3v) is 5.43. The molecule has 1 aliphatic rings. The Hall–Kier alpha value is -0.540. The van der Waals surface area contributed by atoms with Gasteiger partial charge in [-0.15, -0.1) is 0 Å². The Morgan fingerprint density at radius 2 is 1.90 bits per heavy atom. The summed E-state index contributed by atoms with van der Waals surface area (Å²) in [4.78, 5) is 2.43. The average molecular weight is 340 g/mol. The summed E-state index contributed by atoms with van der Waals surface area (Å²) in [6.07, 6.45) is 5.09. The molecule has 1 aliphatic carbocycles. The van der Waals surface area contributed by atoms with E-state index in [1.807, 2.05) is 12.1 Å². The second-order valence-electron chi connectivity index (χ2n) is 6.94. The van der Waals surface area contributed by atoms with Crippen LogP contribution in [0.2, 0.25) is 0 Å². The minimum atomic E-state index is 0.235. The summed E-state index contributed by atoms with van der Waals surface area (Å²) in [5, 5.41) is 10.1. The van der Waals surface area contributed by atoms with Gasteiger partial charge in [-0.3, -0.25) is 4.90 Å². The maximum absolute atomic E-state index is 10.1. The van der Waals surface area contributed by atoms with Crippen LogP contribution in [0.5, 0.6) is 5.75 Å². The fraction of sp³-hybridized carbons (Fsp3) is 0.647. The number of phenolic OH excluding ortho intramolecular Hbond substituents is 1. The van der Waals surface area contributed by atoms with Crippen molar-refractivity contribution < 1.29 is 5.11 Å². The number of aromatic hydroxyl groups is 1. The standard InChI is InChI=1S/C17H26BrNO/c1-12(15-11-13(18)5-6-16(15)20)19(4)14-7-9-17(2,3)10-8-14/h5-6,11-12,14,20H,7-10H2,1-4H3. The van der Waals surface area contributed by atoms with Gasteiger partial charge in [-0.2, -0.15) is 0 Å². The van der Waals surface area contributed by atoms with Gasteiger partial charge < -0.3 is 5.11 Å². The largest absolute Gasteiger partial charge is 0.508 e. The minimum Gasteiger partial charge on any atom is -0.508 e. The van der Waals surface area contributed by atoms with Crippen LogP contribution in [0.25, 0.3) is 0 Å². The second kappa shape index (κ2) is 6.07. The molecule has 1 aromatic carbocycles. The normalized spacial score (nSPS) is 21.1. The topological polar surface area (TPSA) is 23.5 Å². The summed E-state index contributed by atoms with van der Waals surface area (Å²) in [6.45, 7) is 6.92. The molecular formula is C17H26BrNO. The van der Waals surface area contributed by atoms with Crippen molar-refractivity contribution in [3.63, 3.8) is 0 Å². The lowest BCUT2D eigenvalue weighted by Crippen LogP contribution is -2.38. The van der Waals surface area contributed by atoms with Crippen LogP contribution in [0.15, 0.2) is 22.7 Å². The highest BCUT2D eigenvalue weighted by molar-refractivity contribution is 9.10. The molecule has 0 radical (unpaired) electrons. The van der Waals surface area contributed by atoms with Crippen molar-refractivity contribution in [2.45, 2.75) is 58.5 Å². The maximum Gasteiger partial charge on any atom is 0.120 e. The van der Waals surface area contributed by atoms with Crippen molar-refractivity contribution in [3.8, 4) is 5.75 Å². The van der Waals surface area contributed by atoms with Crippen molar-refractivity contribution in [1.29, 1.82) is 0 Å². The van der Waals surface area contributed by atoms with E-state index in [1.54, 1.807) is 6.07 Å². The molecule has 0 saturated heterocycles. The molecule has 1 N–H and O–H groups in total. The summed E-state index contributed by atoms with van der Waals surface area (Å²) >= 11 is 3.50. The molecule has 0 aliphatic heterocycles. The Balaban J connectivity index is 2.09. The van der Waals surface area contributed by atoms with E-state index >= 15 is 0 Å². The highest BCUT2D eigenvalue weighted by Crippen LogP contribution is 2.39. The summed E-state index contributed by atoms with van der Waals surface area (Å²) in [7, 11) is 2.19. The van der Waals surface area contributed by atoms with Gasteiger partial charge >= 0.3 is 0 Å². The zero-order valence-electron chi connectivity index (χ0n) is 13.0. The monoisotopic (exact) mass is 339 g/mol. The lowest BCUT2D eigenvalue weighted by atomic mass is 9.75. The minimum absolute atomic E-state index is 0.235. The van der Waals surface area contributed by atoms with Crippen molar-refractivity contribution >= 4 is 15.9 Å². The predicted octanol–water partition coefficient (Wildman–Crippen LogP) is 5.12. The summed E-state index contributed by atoms with van der Waals surface area (Å²) in [5.74, 6) is 0.392. The Morgan fingerprint density at radius 1 is 1.30 bits per heavy atom. The van der Waals surface area contributed by atoms with Crippen molar-refractivity contribution in [2.24, 2.45) is 5.41 Å². The first-order valence-electron chi connectivity index (χ1n) is 7.50. The van der Waals surface area contributed by atoms with E-state index in [0.717, 1.165) is 10.0 Å². The molecular weight excluding hydrogens is 314 g/mol. The van der Waals surface area contributed by atoms with E-state index < -0.39 is 0 Å².